The minimum absolute atomic E-state index is 0. The molecule has 1 aliphatic rings. The fourth-order valence-corrected chi connectivity index (χ4v) is 3.84. The fourth-order valence-electron chi connectivity index (χ4n) is 3.04. The van der Waals surface area contributed by atoms with E-state index in [9.17, 15) is 0 Å². The molecule has 6 nitrogen and oxygen atoms in total. The first-order chi connectivity index (χ1) is 12.1. The van der Waals surface area contributed by atoms with Crippen molar-refractivity contribution < 1.29 is 0 Å². The van der Waals surface area contributed by atoms with Gasteiger partial charge in [0, 0.05) is 42.8 Å². The van der Waals surface area contributed by atoms with Crippen LogP contribution in [0, 0.1) is 0 Å². The average Bonchev–Trinajstić information content (AvgIpc) is 3.24. The minimum atomic E-state index is 0. The van der Waals surface area contributed by atoms with Crippen LogP contribution in [0.25, 0.3) is 0 Å². The number of nitrogens with zero attached hydrogens (tertiary/aromatic N) is 4. The highest BCUT2D eigenvalue weighted by Gasteiger charge is 2.23. The Kier molecular flexibility index (Phi) is 7.87. The standard InChI is InChI=1S/C18H28N6S.HI/c1-5-15-9-20-17(25-15)10-21-18(19-4)22-14-7-6-13-11-24(12(2)3)23-16(13)8-14;/h9,11-12,14H,5-8,10H2,1-4H3,(H2,19,21,22);1H. The third kappa shape index (κ3) is 5.18. The van der Waals surface area contributed by atoms with E-state index in [2.05, 4.69) is 52.3 Å². The maximum Gasteiger partial charge on any atom is 0.191 e. The van der Waals surface area contributed by atoms with Crippen LogP contribution >= 0.6 is 35.3 Å². The zero-order chi connectivity index (χ0) is 17.8. The summed E-state index contributed by atoms with van der Waals surface area (Å²) < 4.78 is 2.08. The number of nitrogens with one attached hydrogen (secondary N) is 2. The predicted octanol–water partition coefficient (Wildman–Crippen LogP) is 3.32. The molecule has 0 saturated heterocycles. The Hall–Kier alpha value is -1.16. The number of aliphatic imine (C=N–C) groups is 1. The van der Waals surface area contributed by atoms with Crippen molar-refractivity contribution in [2.75, 3.05) is 7.05 Å². The number of hydrogen-bond donors (Lipinski definition) is 2. The summed E-state index contributed by atoms with van der Waals surface area (Å²) in [6.45, 7) is 7.21. The number of guanidine groups is 1. The van der Waals surface area contributed by atoms with Gasteiger partial charge in [0.25, 0.3) is 0 Å². The minimum Gasteiger partial charge on any atom is -0.353 e. The molecule has 0 bridgehead atoms. The molecule has 1 unspecified atom stereocenters. The van der Waals surface area contributed by atoms with Gasteiger partial charge in [-0.25, -0.2) is 4.98 Å². The van der Waals surface area contributed by atoms with Crippen molar-refractivity contribution in [3.8, 4) is 0 Å². The van der Waals surface area contributed by atoms with Crippen LogP contribution in [0.2, 0.25) is 0 Å². The monoisotopic (exact) mass is 488 g/mol. The highest BCUT2D eigenvalue weighted by Crippen LogP contribution is 2.21. The van der Waals surface area contributed by atoms with E-state index in [1.807, 2.05) is 13.2 Å². The maximum absolute atomic E-state index is 4.75. The Balaban J connectivity index is 0.00000243. The van der Waals surface area contributed by atoms with E-state index in [-0.39, 0.29) is 24.0 Å². The molecule has 0 radical (unpaired) electrons. The Morgan fingerprint density at radius 3 is 2.92 bits per heavy atom. The molecule has 8 heteroatoms. The number of fused-ring (bicyclic) bond motifs is 1. The van der Waals surface area contributed by atoms with E-state index >= 15 is 0 Å². The molecular formula is C18H29IN6S. The molecule has 0 amide bonds. The summed E-state index contributed by atoms with van der Waals surface area (Å²) in [5.41, 5.74) is 2.62. The summed E-state index contributed by atoms with van der Waals surface area (Å²) in [6, 6.07) is 0.787. The molecule has 0 saturated carbocycles. The van der Waals surface area contributed by atoms with Gasteiger partial charge < -0.3 is 10.6 Å². The number of halogens is 1. The molecule has 2 aromatic rings. The van der Waals surface area contributed by atoms with Crippen LogP contribution in [0.5, 0.6) is 0 Å². The highest BCUT2D eigenvalue weighted by atomic mass is 127. The number of aromatic nitrogens is 3. The molecule has 144 valence electrons. The van der Waals surface area contributed by atoms with Crippen LogP contribution < -0.4 is 10.6 Å². The Morgan fingerprint density at radius 1 is 1.46 bits per heavy atom. The lowest BCUT2D eigenvalue weighted by Gasteiger charge is -2.24. The Morgan fingerprint density at radius 2 is 2.27 bits per heavy atom. The Bertz CT molecular complexity index is 736. The summed E-state index contributed by atoms with van der Waals surface area (Å²) in [4.78, 5) is 10.1. The zero-order valence-corrected chi connectivity index (χ0v) is 19.1. The summed E-state index contributed by atoms with van der Waals surface area (Å²) in [5, 5.41) is 12.8. The first kappa shape index (κ1) is 21.1. The third-order valence-corrected chi connectivity index (χ3v) is 5.69. The molecule has 3 rings (SSSR count). The Labute approximate surface area is 176 Å². The van der Waals surface area contributed by atoms with Gasteiger partial charge in [0.15, 0.2) is 5.96 Å². The molecule has 2 N–H and O–H groups in total. The topological polar surface area (TPSA) is 67.1 Å². The second kappa shape index (κ2) is 9.68. The van der Waals surface area contributed by atoms with Crippen molar-refractivity contribution in [3.05, 3.63) is 33.5 Å². The van der Waals surface area contributed by atoms with Crippen molar-refractivity contribution in [1.82, 2.24) is 25.4 Å². The van der Waals surface area contributed by atoms with Crippen molar-refractivity contribution >= 4 is 41.3 Å². The first-order valence-corrected chi connectivity index (χ1v) is 9.88. The number of rotatable bonds is 5. The van der Waals surface area contributed by atoms with E-state index in [4.69, 9.17) is 5.10 Å². The van der Waals surface area contributed by atoms with Crippen molar-refractivity contribution in [3.63, 3.8) is 0 Å². The maximum atomic E-state index is 4.75. The van der Waals surface area contributed by atoms with E-state index in [0.717, 1.165) is 36.7 Å². The van der Waals surface area contributed by atoms with Crippen molar-refractivity contribution in [1.29, 1.82) is 0 Å². The van der Waals surface area contributed by atoms with Crippen LogP contribution in [-0.2, 0) is 25.8 Å². The normalized spacial score (nSPS) is 17.0. The number of hydrogen-bond acceptors (Lipinski definition) is 4. The lowest BCUT2D eigenvalue weighted by molar-refractivity contribution is 0.499. The third-order valence-electron chi connectivity index (χ3n) is 4.55. The lowest BCUT2D eigenvalue weighted by atomic mass is 9.94. The van der Waals surface area contributed by atoms with E-state index < -0.39 is 0 Å². The van der Waals surface area contributed by atoms with Gasteiger partial charge in [-0.3, -0.25) is 9.67 Å². The van der Waals surface area contributed by atoms with Gasteiger partial charge in [-0.1, -0.05) is 6.92 Å². The molecule has 1 atom stereocenters. The molecule has 2 heterocycles. The van der Waals surface area contributed by atoms with Crippen LogP contribution in [-0.4, -0.2) is 33.8 Å². The number of aryl methyl sites for hydroxylation is 2. The second-order valence-electron chi connectivity index (χ2n) is 6.76. The molecule has 26 heavy (non-hydrogen) atoms. The van der Waals surface area contributed by atoms with Gasteiger partial charge >= 0.3 is 0 Å². The summed E-state index contributed by atoms with van der Waals surface area (Å²) in [5.74, 6) is 0.838. The van der Waals surface area contributed by atoms with Crippen LogP contribution in [0.4, 0.5) is 0 Å². The van der Waals surface area contributed by atoms with Gasteiger partial charge in [0.2, 0.25) is 0 Å². The lowest BCUT2D eigenvalue weighted by Crippen LogP contribution is -2.45. The van der Waals surface area contributed by atoms with Crippen LogP contribution in [0.3, 0.4) is 0 Å². The van der Waals surface area contributed by atoms with Gasteiger partial charge in [-0.05, 0) is 38.7 Å². The van der Waals surface area contributed by atoms with Crippen molar-refractivity contribution in [2.45, 2.75) is 65.1 Å². The molecule has 0 fully saturated rings. The molecule has 2 aromatic heterocycles. The molecule has 0 spiro atoms. The van der Waals surface area contributed by atoms with E-state index in [1.165, 1.54) is 16.1 Å². The zero-order valence-electron chi connectivity index (χ0n) is 16.0. The second-order valence-corrected chi connectivity index (χ2v) is 7.96. The number of thiazole rings is 1. The predicted molar refractivity (Wildman–Crippen MR) is 119 cm³/mol. The fraction of sp³-hybridized carbons (Fsp3) is 0.611. The smallest absolute Gasteiger partial charge is 0.191 e. The van der Waals surface area contributed by atoms with Gasteiger partial charge in [0.05, 0.1) is 12.2 Å². The SMILES string of the molecule is CCc1cnc(CNC(=NC)NC2CCc3cn(C(C)C)nc3C2)s1.I. The van der Waals surface area contributed by atoms with E-state index in [1.54, 1.807) is 11.3 Å². The summed E-state index contributed by atoms with van der Waals surface area (Å²) in [6.07, 6.45) is 8.34. The summed E-state index contributed by atoms with van der Waals surface area (Å²) >= 11 is 1.76. The van der Waals surface area contributed by atoms with Crippen LogP contribution in [0.1, 0.15) is 54.4 Å². The molecule has 1 aliphatic carbocycles. The average molecular weight is 488 g/mol. The molecule has 0 aromatic carbocycles. The quantitative estimate of drug-likeness (QED) is 0.385. The highest BCUT2D eigenvalue weighted by molar-refractivity contribution is 14.0. The van der Waals surface area contributed by atoms with Gasteiger partial charge in [-0.15, -0.1) is 35.3 Å². The van der Waals surface area contributed by atoms with Crippen molar-refractivity contribution in [2.24, 2.45) is 4.99 Å². The molecule has 0 aliphatic heterocycles. The van der Waals surface area contributed by atoms with E-state index in [0.29, 0.717) is 18.6 Å². The van der Waals surface area contributed by atoms with Crippen LogP contribution in [0.15, 0.2) is 17.4 Å². The first-order valence-electron chi connectivity index (χ1n) is 9.06. The largest absolute Gasteiger partial charge is 0.353 e. The van der Waals surface area contributed by atoms with Gasteiger partial charge in [-0.2, -0.15) is 5.10 Å². The van der Waals surface area contributed by atoms with Gasteiger partial charge in [0.1, 0.15) is 5.01 Å². The summed E-state index contributed by atoms with van der Waals surface area (Å²) in [7, 11) is 1.82. The molecular weight excluding hydrogens is 459 g/mol.